The minimum atomic E-state index is -3.32. The highest BCUT2D eigenvalue weighted by molar-refractivity contribution is 9.10. The van der Waals surface area contributed by atoms with E-state index in [4.69, 9.17) is 0 Å². The molecule has 10 heavy (non-hydrogen) atoms. The predicted octanol–water partition coefficient (Wildman–Crippen LogP) is 2.73. The molecule has 0 rings (SSSR count). The van der Waals surface area contributed by atoms with E-state index in [1.54, 1.807) is 0 Å². The van der Waals surface area contributed by atoms with E-state index in [0.29, 0.717) is 6.42 Å². The summed E-state index contributed by atoms with van der Waals surface area (Å²) in [5.74, 6) is -1.03. The van der Waals surface area contributed by atoms with Gasteiger partial charge < -0.3 is 0 Å². The van der Waals surface area contributed by atoms with Gasteiger partial charge in [-0.2, -0.15) is 8.78 Å². The van der Waals surface area contributed by atoms with Gasteiger partial charge in [-0.3, -0.25) is 4.79 Å². The number of ketones is 1. The smallest absolute Gasteiger partial charge is 0.292 e. The lowest BCUT2D eigenvalue weighted by atomic mass is 10.2. The first kappa shape index (κ1) is 10.0. The number of unbranched alkanes of at least 4 members (excludes halogenated alkanes) is 1. The Labute approximate surface area is 66.9 Å². The van der Waals surface area contributed by atoms with E-state index < -0.39 is 10.6 Å². The van der Waals surface area contributed by atoms with Crippen LogP contribution in [0.3, 0.4) is 0 Å². The Balaban J connectivity index is 3.64. The van der Waals surface area contributed by atoms with Crippen LogP contribution in [0.25, 0.3) is 0 Å². The summed E-state index contributed by atoms with van der Waals surface area (Å²) < 4.78 is 24.0. The minimum Gasteiger partial charge on any atom is -0.292 e. The maximum absolute atomic E-state index is 12.0. The van der Waals surface area contributed by atoms with E-state index in [1.165, 1.54) is 0 Å². The summed E-state index contributed by atoms with van der Waals surface area (Å²) in [4.78, 5) is 7.11. The van der Waals surface area contributed by atoms with Crippen molar-refractivity contribution in [2.75, 3.05) is 0 Å². The number of halogens is 3. The molecule has 0 aromatic rings. The minimum absolute atomic E-state index is 0.0469. The number of hydrogen-bond acceptors (Lipinski definition) is 1. The van der Waals surface area contributed by atoms with Gasteiger partial charge in [0.1, 0.15) is 0 Å². The Kier molecular flexibility index (Phi) is 4.01. The average molecular weight is 215 g/mol. The lowest BCUT2D eigenvalue weighted by Gasteiger charge is -2.04. The number of hydrogen-bond donors (Lipinski definition) is 0. The van der Waals surface area contributed by atoms with E-state index in [0.717, 1.165) is 6.42 Å². The highest BCUT2D eigenvalue weighted by Gasteiger charge is 2.33. The van der Waals surface area contributed by atoms with E-state index in [-0.39, 0.29) is 6.42 Å². The normalized spacial score (nSPS) is 11.6. The maximum atomic E-state index is 12.0. The van der Waals surface area contributed by atoms with Crippen molar-refractivity contribution in [1.29, 1.82) is 0 Å². The van der Waals surface area contributed by atoms with Gasteiger partial charge in [-0.15, -0.1) is 0 Å². The van der Waals surface area contributed by atoms with Crippen LogP contribution in [0.15, 0.2) is 0 Å². The summed E-state index contributed by atoms with van der Waals surface area (Å²) in [7, 11) is 0. The number of carbonyl (C=O) groups is 1. The molecular formula is C6H9BrF2O. The molecule has 0 aromatic heterocycles. The van der Waals surface area contributed by atoms with E-state index >= 15 is 0 Å². The molecule has 0 unspecified atom stereocenters. The number of Topliss-reactive ketones (excluding diaryl/α,β-unsaturated/α-hetero) is 1. The summed E-state index contributed by atoms with van der Waals surface area (Å²) in [5, 5.41) is 0. The molecule has 0 aliphatic rings. The van der Waals surface area contributed by atoms with Crippen molar-refractivity contribution in [3.8, 4) is 0 Å². The standard InChI is InChI=1S/C6H9BrF2O/c1-2-3-4-5(10)6(7,8)9/h2-4H2,1H3. The quantitative estimate of drug-likeness (QED) is 0.659. The fraction of sp³-hybridized carbons (Fsp3) is 0.833. The molecule has 0 fully saturated rings. The van der Waals surface area contributed by atoms with Gasteiger partial charge in [0.15, 0.2) is 0 Å². The van der Waals surface area contributed by atoms with Gasteiger partial charge in [0.25, 0.3) is 0 Å². The molecule has 0 bridgehead atoms. The van der Waals surface area contributed by atoms with Crippen molar-refractivity contribution >= 4 is 21.7 Å². The van der Waals surface area contributed by atoms with Crippen molar-refractivity contribution in [2.24, 2.45) is 0 Å². The molecule has 0 aromatic carbocycles. The molecule has 0 atom stereocenters. The van der Waals surface area contributed by atoms with E-state index in [2.05, 4.69) is 0 Å². The SMILES string of the molecule is CCCCC(=O)C(F)(F)Br. The van der Waals surface area contributed by atoms with Gasteiger partial charge >= 0.3 is 4.83 Å². The van der Waals surface area contributed by atoms with Gasteiger partial charge in [0.2, 0.25) is 5.78 Å². The molecule has 0 saturated carbocycles. The van der Waals surface area contributed by atoms with E-state index in [9.17, 15) is 13.6 Å². The van der Waals surface area contributed by atoms with Crippen LogP contribution in [0.5, 0.6) is 0 Å². The van der Waals surface area contributed by atoms with Crippen molar-refractivity contribution < 1.29 is 13.6 Å². The molecule has 0 N–H and O–H groups in total. The number of rotatable bonds is 4. The Hall–Kier alpha value is 0.01000. The van der Waals surface area contributed by atoms with Crippen LogP contribution in [-0.4, -0.2) is 10.6 Å². The highest BCUT2D eigenvalue weighted by atomic mass is 79.9. The molecule has 4 heteroatoms. The zero-order valence-electron chi connectivity index (χ0n) is 5.66. The third-order valence-corrected chi connectivity index (χ3v) is 1.52. The predicted molar refractivity (Wildman–Crippen MR) is 38.4 cm³/mol. The summed E-state index contributed by atoms with van der Waals surface area (Å²) in [6.45, 7) is 1.85. The van der Waals surface area contributed by atoms with Gasteiger partial charge in [-0.05, 0) is 22.4 Å². The van der Waals surface area contributed by atoms with Crippen LogP contribution in [0.1, 0.15) is 26.2 Å². The number of alkyl halides is 3. The summed E-state index contributed by atoms with van der Waals surface area (Å²) in [5.41, 5.74) is 0. The molecule has 0 spiro atoms. The molecule has 1 nitrogen and oxygen atoms in total. The second-order valence-corrected chi connectivity index (χ2v) is 3.02. The largest absolute Gasteiger partial charge is 0.358 e. The van der Waals surface area contributed by atoms with Crippen LogP contribution in [-0.2, 0) is 4.79 Å². The monoisotopic (exact) mass is 214 g/mol. The topological polar surface area (TPSA) is 17.1 Å². The summed E-state index contributed by atoms with van der Waals surface area (Å²) in [6, 6.07) is 0. The van der Waals surface area contributed by atoms with Crippen molar-refractivity contribution in [1.82, 2.24) is 0 Å². The fourth-order valence-corrected chi connectivity index (χ4v) is 0.677. The third kappa shape index (κ3) is 3.93. The van der Waals surface area contributed by atoms with Crippen LogP contribution < -0.4 is 0 Å². The van der Waals surface area contributed by atoms with Crippen LogP contribution in [0.4, 0.5) is 8.78 Å². The Morgan fingerprint density at radius 1 is 1.60 bits per heavy atom. The zero-order valence-corrected chi connectivity index (χ0v) is 7.25. The van der Waals surface area contributed by atoms with E-state index in [1.807, 2.05) is 22.9 Å². The van der Waals surface area contributed by atoms with Gasteiger partial charge in [-0.1, -0.05) is 13.3 Å². The van der Waals surface area contributed by atoms with Gasteiger partial charge in [-0.25, -0.2) is 0 Å². The zero-order chi connectivity index (χ0) is 8.20. The third-order valence-electron chi connectivity index (χ3n) is 1.07. The van der Waals surface area contributed by atoms with Gasteiger partial charge in [0, 0.05) is 6.42 Å². The summed E-state index contributed by atoms with van der Waals surface area (Å²) in [6.07, 6.45) is 1.24. The molecule has 0 heterocycles. The second-order valence-electron chi connectivity index (χ2n) is 2.02. The molecule has 0 saturated heterocycles. The number of carbonyl (C=O) groups excluding carboxylic acids is 1. The first-order valence-electron chi connectivity index (χ1n) is 3.08. The molecule has 60 valence electrons. The average Bonchev–Trinajstić information content (AvgIpc) is 1.80. The lowest BCUT2D eigenvalue weighted by molar-refractivity contribution is -0.132. The molecule has 0 aliphatic heterocycles. The van der Waals surface area contributed by atoms with Crippen LogP contribution in [0, 0.1) is 0 Å². The molecule has 0 radical (unpaired) electrons. The molecule has 0 amide bonds. The Morgan fingerprint density at radius 2 is 2.10 bits per heavy atom. The Bertz CT molecular complexity index is 119. The first-order valence-corrected chi connectivity index (χ1v) is 3.87. The highest BCUT2D eigenvalue weighted by Crippen LogP contribution is 2.24. The molecular weight excluding hydrogens is 206 g/mol. The van der Waals surface area contributed by atoms with Crippen molar-refractivity contribution in [2.45, 2.75) is 31.0 Å². The van der Waals surface area contributed by atoms with Gasteiger partial charge in [0.05, 0.1) is 0 Å². The van der Waals surface area contributed by atoms with Crippen LogP contribution in [0.2, 0.25) is 0 Å². The van der Waals surface area contributed by atoms with Crippen molar-refractivity contribution in [3.05, 3.63) is 0 Å². The Morgan fingerprint density at radius 3 is 2.40 bits per heavy atom. The maximum Gasteiger partial charge on any atom is 0.358 e. The molecule has 0 aliphatic carbocycles. The lowest BCUT2D eigenvalue weighted by Crippen LogP contribution is -2.19. The summed E-state index contributed by atoms with van der Waals surface area (Å²) >= 11 is 1.99. The fourth-order valence-electron chi connectivity index (χ4n) is 0.479. The van der Waals surface area contributed by atoms with Crippen LogP contribution >= 0.6 is 15.9 Å². The first-order chi connectivity index (χ1) is 4.48. The van der Waals surface area contributed by atoms with Crippen molar-refractivity contribution in [3.63, 3.8) is 0 Å². The second kappa shape index (κ2) is 4.01.